The van der Waals surface area contributed by atoms with Crippen LogP contribution in [0.5, 0.6) is 11.5 Å². The van der Waals surface area contributed by atoms with Gasteiger partial charge in [0.25, 0.3) is 0 Å². The molecule has 1 spiro atoms. The average Bonchev–Trinajstić information content (AvgIpc) is 3.88. The first kappa shape index (κ1) is 35.8. The Hall–Kier alpha value is -7.92. The summed E-state index contributed by atoms with van der Waals surface area (Å²) >= 11 is 1.76. The lowest BCUT2D eigenvalue weighted by molar-refractivity contribution is 0.436. The molecule has 0 N–H and O–H groups in total. The van der Waals surface area contributed by atoms with Crippen molar-refractivity contribution in [3.8, 4) is 78.7 Å². The second-order valence-corrected chi connectivity index (χ2v) is 17.5. The summed E-state index contributed by atoms with van der Waals surface area (Å²) in [4.78, 5) is 10.7. The number of aromatic nitrogens is 2. The number of hydrogen-bond acceptors (Lipinski definition) is 4. The van der Waals surface area contributed by atoms with E-state index in [1.165, 1.54) is 49.2 Å². The second kappa shape index (κ2) is 14.1. The maximum atomic E-state index is 6.60. The number of rotatable bonds is 5. The molecule has 0 unspecified atom stereocenters. The van der Waals surface area contributed by atoms with E-state index in [1.807, 2.05) is 0 Å². The molecule has 0 radical (unpaired) electrons. The van der Waals surface area contributed by atoms with E-state index in [0.717, 1.165) is 72.0 Å². The van der Waals surface area contributed by atoms with Crippen LogP contribution in [-0.4, -0.2) is 9.97 Å². The van der Waals surface area contributed by atoms with Crippen LogP contribution < -0.4 is 4.74 Å². The Morgan fingerprint density at radius 2 is 0.889 bits per heavy atom. The molecule has 9 aromatic carbocycles. The maximum absolute atomic E-state index is 6.60. The minimum atomic E-state index is -0.517. The Morgan fingerprint density at radius 3 is 1.63 bits per heavy atom. The molecule has 63 heavy (non-hydrogen) atoms. The lowest BCUT2D eigenvalue weighted by Crippen LogP contribution is -2.32. The lowest BCUT2D eigenvalue weighted by Gasteiger charge is -2.39. The summed E-state index contributed by atoms with van der Waals surface area (Å²) in [6, 6.07) is 78.5. The van der Waals surface area contributed by atoms with Gasteiger partial charge in [-0.25, -0.2) is 9.97 Å². The molecule has 294 valence electrons. The summed E-state index contributed by atoms with van der Waals surface area (Å²) in [5.74, 6) is 2.52. The van der Waals surface area contributed by atoms with Crippen molar-refractivity contribution >= 4 is 31.6 Å². The van der Waals surface area contributed by atoms with Crippen LogP contribution >= 0.6 is 11.3 Å². The summed E-state index contributed by atoms with van der Waals surface area (Å²) < 4.78 is 8.89. The molecule has 1 aliphatic carbocycles. The quantitative estimate of drug-likeness (QED) is 0.173. The lowest BCUT2D eigenvalue weighted by atomic mass is 9.66. The van der Waals surface area contributed by atoms with Gasteiger partial charge in [-0.1, -0.05) is 176 Å². The first-order valence-electron chi connectivity index (χ1n) is 21.4. The zero-order chi connectivity index (χ0) is 41.5. The molecule has 0 saturated carbocycles. The van der Waals surface area contributed by atoms with Crippen molar-refractivity contribution in [1.29, 1.82) is 0 Å². The third-order valence-electron chi connectivity index (χ3n) is 13.0. The molecule has 0 amide bonds. The molecular weight excluding hydrogens is 785 g/mol. The van der Waals surface area contributed by atoms with E-state index >= 15 is 0 Å². The van der Waals surface area contributed by atoms with Gasteiger partial charge in [0, 0.05) is 32.3 Å². The predicted octanol–water partition coefficient (Wildman–Crippen LogP) is 15.6. The van der Waals surface area contributed by atoms with Gasteiger partial charge in [-0.3, -0.25) is 0 Å². The molecule has 0 atom stereocenters. The minimum Gasteiger partial charge on any atom is -0.457 e. The SMILES string of the molecule is c1ccc(-c2cccc(-c3nc(-c4cccc(-c5cccc(-c6ccc7c(c6)C6(c8ccccc8Oc8ccccc86)c6ccccc6-7)c5)c4)c4sc5ccccc5c4n3)c2)cc1. The van der Waals surface area contributed by atoms with Crippen molar-refractivity contribution in [3.63, 3.8) is 0 Å². The molecule has 11 aromatic rings. The summed E-state index contributed by atoms with van der Waals surface area (Å²) in [5, 5.41) is 1.15. The summed E-state index contributed by atoms with van der Waals surface area (Å²) in [7, 11) is 0. The number of hydrogen-bond donors (Lipinski definition) is 0. The zero-order valence-electron chi connectivity index (χ0n) is 34.0. The molecular formula is C59H36N2OS. The van der Waals surface area contributed by atoms with Crippen LogP contribution in [-0.2, 0) is 5.41 Å². The number of nitrogens with zero attached hydrogens (tertiary/aromatic N) is 2. The molecule has 13 rings (SSSR count). The smallest absolute Gasteiger partial charge is 0.160 e. The van der Waals surface area contributed by atoms with Gasteiger partial charge in [0.15, 0.2) is 5.82 Å². The van der Waals surface area contributed by atoms with Crippen molar-refractivity contribution in [1.82, 2.24) is 9.97 Å². The zero-order valence-corrected chi connectivity index (χ0v) is 34.8. The van der Waals surface area contributed by atoms with Gasteiger partial charge in [-0.2, -0.15) is 0 Å². The van der Waals surface area contributed by atoms with E-state index in [1.54, 1.807) is 11.3 Å². The number of fused-ring (bicyclic) bond motifs is 12. The molecule has 0 fully saturated rings. The highest BCUT2D eigenvalue weighted by Crippen LogP contribution is 2.62. The number of ether oxygens (including phenoxy) is 1. The molecule has 2 aromatic heterocycles. The van der Waals surface area contributed by atoms with Gasteiger partial charge in [-0.15, -0.1) is 11.3 Å². The van der Waals surface area contributed by atoms with E-state index in [9.17, 15) is 0 Å². The van der Waals surface area contributed by atoms with Crippen LogP contribution in [0.3, 0.4) is 0 Å². The van der Waals surface area contributed by atoms with Crippen LogP contribution in [0.2, 0.25) is 0 Å². The molecule has 4 heteroatoms. The largest absolute Gasteiger partial charge is 0.457 e. The standard InChI is InChI=1S/C59H36N2OS/c1-2-15-37(16-3-1)38-17-14-22-44(35-38)58-60-55(57-56(61-58)47-24-5-11-30-54(47)63-57)43-21-13-20-41(34-43)39-18-12-19-40(33-39)42-31-32-46-45-23-4-6-25-48(45)59(51(46)36-42)49-26-7-9-28-52(49)62-53-29-10-8-27-50(53)59/h1-36H. The molecule has 3 nitrogen and oxygen atoms in total. The van der Waals surface area contributed by atoms with Crippen LogP contribution in [0.25, 0.3) is 87.5 Å². The fourth-order valence-corrected chi connectivity index (χ4v) is 11.3. The van der Waals surface area contributed by atoms with Gasteiger partial charge < -0.3 is 4.74 Å². The Labute approximate surface area is 369 Å². The molecule has 3 heterocycles. The first-order chi connectivity index (χ1) is 31.2. The third-order valence-corrected chi connectivity index (χ3v) is 14.1. The van der Waals surface area contributed by atoms with E-state index in [0.29, 0.717) is 0 Å². The van der Waals surface area contributed by atoms with E-state index in [-0.39, 0.29) is 0 Å². The summed E-state index contributed by atoms with van der Waals surface area (Å²) in [6.45, 7) is 0. The number of benzene rings is 9. The van der Waals surface area contributed by atoms with Crippen LogP contribution in [0.15, 0.2) is 218 Å². The van der Waals surface area contributed by atoms with Crippen LogP contribution in [0, 0.1) is 0 Å². The van der Waals surface area contributed by atoms with E-state index < -0.39 is 5.41 Å². The normalized spacial score (nSPS) is 13.0. The number of para-hydroxylation sites is 2. The molecule has 0 saturated heterocycles. The molecule has 0 bridgehead atoms. The maximum Gasteiger partial charge on any atom is 0.160 e. The Kier molecular flexibility index (Phi) is 7.99. The monoisotopic (exact) mass is 820 g/mol. The van der Waals surface area contributed by atoms with Gasteiger partial charge in [0.1, 0.15) is 11.5 Å². The highest BCUT2D eigenvalue weighted by Gasteiger charge is 2.51. The molecule has 2 aliphatic rings. The predicted molar refractivity (Wildman–Crippen MR) is 259 cm³/mol. The van der Waals surface area contributed by atoms with Crippen molar-refractivity contribution in [2.45, 2.75) is 5.41 Å². The third kappa shape index (κ3) is 5.52. The fraction of sp³-hybridized carbons (Fsp3) is 0.0169. The first-order valence-corrected chi connectivity index (χ1v) is 22.2. The summed E-state index contributed by atoms with van der Waals surface area (Å²) in [5.41, 5.74) is 17.8. The Balaban J connectivity index is 0.939. The Morgan fingerprint density at radius 1 is 0.365 bits per heavy atom. The van der Waals surface area contributed by atoms with Crippen LogP contribution in [0.4, 0.5) is 0 Å². The van der Waals surface area contributed by atoms with E-state index in [4.69, 9.17) is 14.7 Å². The fourth-order valence-electron chi connectivity index (χ4n) is 10.1. The Bertz CT molecular complexity index is 3580. The summed E-state index contributed by atoms with van der Waals surface area (Å²) in [6.07, 6.45) is 0. The highest BCUT2D eigenvalue weighted by molar-refractivity contribution is 7.26. The van der Waals surface area contributed by atoms with Gasteiger partial charge in [0.05, 0.1) is 21.3 Å². The van der Waals surface area contributed by atoms with Crippen molar-refractivity contribution in [2.24, 2.45) is 0 Å². The van der Waals surface area contributed by atoms with E-state index in [2.05, 4.69) is 218 Å². The second-order valence-electron chi connectivity index (χ2n) is 16.4. The number of thiophene rings is 1. The minimum absolute atomic E-state index is 0.517. The highest BCUT2D eigenvalue weighted by atomic mass is 32.1. The van der Waals surface area contributed by atoms with Gasteiger partial charge >= 0.3 is 0 Å². The van der Waals surface area contributed by atoms with Crippen molar-refractivity contribution < 1.29 is 4.74 Å². The van der Waals surface area contributed by atoms with Crippen molar-refractivity contribution in [2.75, 3.05) is 0 Å². The topological polar surface area (TPSA) is 35.0 Å². The van der Waals surface area contributed by atoms with Gasteiger partial charge in [0.2, 0.25) is 0 Å². The molecule has 1 aliphatic heterocycles. The van der Waals surface area contributed by atoms with Crippen LogP contribution in [0.1, 0.15) is 22.3 Å². The average molecular weight is 821 g/mol. The van der Waals surface area contributed by atoms with Gasteiger partial charge in [-0.05, 0) is 98.1 Å². The van der Waals surface area contributed by atoms with Crippen molar-refractivity contribution in [3.05, 3.63) is 241 Å².